The lowest BCUT2D eigenvalue weighted by Gasteiger charge is -2.21. The molecule has 0 bridgehead atoms. The molecule has 0 aliphatic carbocycles. The molecule has 2 aromatic heterocycles. The third-order valence-corrected chi connectivity index (χ3v) is 4.08. The Labute approximate surface area is 125 Å². The van der Waals surface area contributed by atoms with Crippen LogP contribution in [-0.2, 0) is 13.1 Å². The molecule has 4 heteroatoms. The predicted molar refractivity (Wildman–Crippen MR) is 85.0 cm³/mol. The molecule has 2 aromatic rings. The van der Waals surface area contributed by atoms with E-state index < -0.39 is 0 Å². The molecule has 0 saturated heterocycles. The first-order chi connectivity index (χ1) is 9.63. The highest BCUT2D eigenvalue weighted by atomic mass is 32.1. The Balaban J connectivity index is 1.92. The molecule has 0 N–H and O–H groups in total. The van der Waals surface area contributed by atoms with E-state index in [4.69, 9.17) is 4.42 Å². The summed E-state index contributed by atoms with van der Waals surface area (Å²) >= 11 is 1.82. The van der Waals surface area contributed by atoms with Gasteiger partial charge in [0.15, 0.2) is 0 Å². The minimum absolute atomic E-state index is 0.888. The highest BCUT2D eigenvalue weighted by molar-refractivity contribution is 7.09. The molecule has 0 unspecified atom stereocenters. The van der Waals surface area contributed by atoms with E-state index in [9.17, 15) is 0 Å². The summed E-state index contributed by atoms with van der Waals surface area (Å²) in [6.07, 6.45) is 1.18. The van der Waals surface area contributed by atoms with Crippen LogP contribution in [0.15, 0.2) is 34.1 Å². The Morgan fingerprint density at radius 2 is 1.95 bits per heavy atom. The van der Waals surface area contributed by atoms with E-state index in [0.29, 0.717) is 0 Å². The van der Waals surface area contributed by atoms with Crippen molar-refractivity contribution in [2.45, 2.75) is 26.4 Å². The van der Waals surface area contributed by atoms with Gasteiger partial charge in [0.1, 0.15) is 11.5 Å². The highest BCUT2D eigenvalue weighted by Gasteiger charge is 2.10. The van der Waals surface area contributed by atoms with Gasteiger partial charge in [-0.05, 0) is 57.6 Å². The lowest BCUT2D eigenvalue weighted by Crippen LogP contribution is -2.26. The Kier molecular flexibility index (Phi) is 5.83. The summed E-state index contributed by atoms with van der Waals surface area (Å²) in [5, 5.41) is 2.14. The number of hydrogen-bond donors (Lipinski definition) is 0. The fourth-order valence-corrected chi connectivity index (χ4v) is 2.98. The van der Waals surface area contributed by atoms with Crippen molar-refractivity contribution in [3.8, 4) is 0 Å². The first-order valence-corrected chi connectivity index (χ1v) is 7.96. The third-order valence-electron chi connectivity index (χ3n) is 3.21. The molecule has 0 spiro atoms. The lowest BCUT2D eigenvalue weighted by molar-refractivity contribution is 0.223. The summed E-state index contributed by atoms with van der Waals surface area (Å²) in [6, 6.07) is 8.45. The molecule has 0 radical (unpaired) electrons. The van der Waals surface area contributed by atoms with Gasteiger partial charge in [-0.2, -0.15) is 0 Å². The normalized spacial score (nSPS) is 11.7. The van der Waals surface area contributed by atoms with Crippen LogP contribution in [-0.4, -0.2) is 37.0 Å². The molecule has 110 valence electrons. The molecule has 0 saturated carbocycles. The van der Waals surface area contributed by atoms with Gasteiger partial charge < -0.3 is 9.32 Å². The molecule has 2 heterocycles. The van der Waals surface area contributed by atoms with Crippen molar-refractivity contribution in [3.05, 3.63) is 46.0 Å². The van der Waals surface area contributed by atoms with Crippen molar-refractivity contribution < 1.29 is 4.42 Å². The van der Waals surface area contributed by atoms with E-state index in [-0.39, 0.29) is 0 Å². The van der Waals surface area contributed by atoms with Crippen LogP contribution in [0.25, 0.3) is 0 Å². The number of aryl methyl sites for hydroxylation is 1. The van der Waals surface area contributed by atoms with Crippen molar-refractivity contribution in [1.29, 1.82) is 0 Å². The maximum Gasteiger partial charge on any atom is 0.118 e. The molecule has 0 aliphatic rings. The van der Waals surface area contributed by atoms with Crippen LogP contribution in [0.2, 0.25) is 0 Å². The van der Waals surface area contributed by atoms with E-state index in [2.05, 4.69) is 47.5 Å². The zero-order valence-electron chi connectivity index (χ0n) is 12.6. The number of thiophene rings is 1. The van der Waals surface area contributed by atoms with Gasteiger partial charge in [-0.25, -0.2) is 0 Å². The molecule has 0 fully saturated rings. The van der Waals surface area contributed by atoms with Gasteiger partial charge in [-0.1, -0.05) is 6.07 Å². The minimum atomic E-state index is 0.888. The van der Waals surface area contributed by atoms with Gasteiger partial charge in [0.2, 0.25) is 0 Å². The van der Waals surface area contributed by atoms with Crippen LogP contribution >= 0.6 is 11.3 Å². The summed E-state index contributed by atoms with van der Waals surface area (Å²) < 4.78 is 5.71. The molecule has 3 nitrogen and oxygen atoms in total. The van der Waals surface area contributed by atoms with Gasteiger partial charge in [0.05, 0.1) is 6.54 Å². The highest BCUT2D eigenvalue weighted by Crippen LogP contribution is 2.16. The molecule has 2 rings (SSSR count). The van der Waals surface area contributed by atoms with E-state index in [0.717, 1.165) is 37.7 Å². The molecular formula is C16H24N2OS. The maximum atomic E-state index is 5.71. The molecule has 0 atom stereocenters. The Hall–Kier alpha value is -1.10. The Morgan fingerprint density at radius 1 is 1.10 bits per heavy atom. The first-order valence-electron chi connectivity index (χ1n) is 7.08. The standard InChI is InChI=1S/C16H24N2OS/c1-14-7-8-15(19-14)12-18(10-5-9-17(2)3)13-16-6-4-11-20-16/h4,6-8,11H,5,9-10,12-13H2,1-3H3. The van der Waals surface area contributed by atoms with Crippen LogP contribution in [0.5, 0.6) is 0 Å². The average molecular weight is 292 g/mol. The fraction of sp³-hybridized carbons (Fsp3) is 0.500. The number of hydrogen-bond acceptors (Lipinski definition) is 4. The second-order valence-corrected chi connectivity index (χ2v) is 6.49. The average Bonchev–Trinajstić information content (AvgIpc) is 3.01. The van der Waals surface area contributed by atoms with Gasteiger partial charge in [-0.3, -0.25) is 4.90 Å². The summed E-state index contributed by atoms with van der Waals surface area (Å²) in [6.45, 7) is 6.11. The van der Waals surface area contributed by atoms with Crippen LogP contribution in [0.4, 0.5) is 0 Å². The number of rotatable bonds is 8. The lowest BCUT2D eigenvalue weighted by atomic mass is 10.3. The number of nitrogens with zero attached hydrogens (tertiary/aromatic N) is 2. The molecule has 0 aliphatic heterocycles. The van der Waals surface area contributed by atoms with Crippen LogP contribution in [0.1, 0.15) is 22.8 Å². The largest absolute Gasteiger partial charge is 0.465 e. The van der Waals surface area contributed by atoms with E-state index >= 15 is 0 Å². The van der Waals surface area contributed by atoms with Crippen LogP contribution in [0.3, 0.4) is 0 Å². The summed E-state index contributed by atoms with van der Waals surface area (Å²) in [5.41, 5.74) is 0. The zero-order valence-corrected chi connectivity index (χ0v) is 13.4. The van der Waals surface area contributed by atoms with Crippen molar-refractivity contribution in [2.24, 2.45) is 0 Å². The van der Waals surface area contributed by atoms with Gasteiger partial charge >= 0.3 is 0 Å². The number of furan rings is 1. The van der Waals surface area contributed by atoms with Crippen molar-refractivity contribution >= 4 is 11.3 Å². The second-order valence-electron chi connectivity index (χ2n) is 5.46. The monoisotopic (exact) mass is 292 g/mol. The summed E-state index contributed by atoms with van der Waals surface area (Å²) in [7, 11) is 4.25. The van der Waals surface area contributed by atoms with Gasteiger partial charge in [-0.15, -0.1) is 11.3 Å². The molecule has 0 amide bonds. The quantitative estimate of drug-likeness (QED) is 0.741. The maximum absolute atomic E-state index is 5.71. The topological polar surface area (TPSA) is 19.6 Å². The zero-order chi connectivity index (χ0) is 14.4. The van der Waals surface area contributed by atoms with Crippen LogP contribution in [0, 0.1) is 6.92 Å². The van der Waals surface area contributed by atoms with Crippen molar-refractivity contribution in [2.75, 3.05) is 27.2 Å². The Morgan fingerprint density at radius 3 is 2.55 bits per heavy atom. The Bertz CT molecular complexity index is 490. The van der Waals surface area contributed by atoms with Crippen molar-refractivity contribution in [3.63, 3.8) is 0 Å². The predicted octanol–water partition coefficient (Wildman–Crippen LogP) is 3.60. The van der Waals surface area contributed by atoms with E-state index in [1.54, 1.807) is 0 Å². The summed E-state index contributed by atoms with van der Waals surface area (Å²) in [4.78, 5) is 6.12. The second kappa shape index (κ2) is 7.62. The van der Waals surface area contributed by atoms with Crippen LogP contribution < -0.4 is 0 Å². The van der Waals surface area contributed by atoms with E-state index in [1.807, 2.05) is 24.3 Å². The SMILES string of the molecule is Cc1ccc(CN(CCCN(C)C)Cc2cccs2)o1. The fourth-order valence-electron chi connectivity index (χ4n) is 2.24. The van der Waals surface area contributed by atoms with Gasteiger partial charge in [0.25, 0.3) is 0 Å². The smallest absolute Gasteiger partial charge is 0.118 e. The first kappa shape index (κ1) is 15.3. The molecule has 0 aromatic carbocycles. The van der Waals surface area contributed by atoms with Gasteiger partial charge in [0, 0.05) is 18.0 Å². The van der Waals surface area contributed by atoms with Crippen molar-refractivity contribution in [1.82, 2.24) is 9.80 Å². The molecule has 20 heavy (non-hydrogen) atoms. The summed E-state index contributed by atoms with van der Waals surface area (Å²) in [5.74, 6) is 2.05. The minimum Gasteiger partial charge on any atom is -0.465 e. The third kappa shape index (κ3) is 5.12. The van der Waals surface area contributed by atoms with E-state index in [1.165, 1.54) is 11.3 Å². The molecular weight excluding hydrogens is 268 g/mol.